The Morgan fingerprint density at radius 2 is 1.47 bits per heavy atom. The van der Waals surface area contributed by atoms with Crippen molar-refractivity contribution in [3.8, 4) is 0 Å². The van der Waals surface area contributed by atoms with Crippen LogP contribution in [0.5, 0.6) is 0 Å². The zero-order valence-corrected chi connectivity index (χ0v) is 10.9. The van der Waals surface area contributed by atoms with Gasteiger partial charge < -0.3 is 0 Å². The van der Waals surface area contributed by atoms with Crippen LogP contribution in [0.15, 0.2) is 54.6 Å². The highest BCUT2D eigenvalue weighted by Gasteiger charge is 2.08. The molecule has 0 aliphatic carbocycles. The highest BCUT2D eigenvalue weighted by atomic mass is 32.2. The predicted molar refractivity (Wildman–Crippen MR) is 76.7 cm³/mol. The lowest BCUT2D eigenvalue weighted by Crippen LogP contribution is -2.01. The molecule has 0 aromatic heterocycles. The van der Waals surface area contributed by atoms with Gasteiger partial charge in [0.05, 0.1) is 0 Å². The number of fused-ring (bicyclic) bond motifs is 3. The van der Waals surface area contributed by atoms with Crippen molar-refractivity contribution in [2.24, 2.45) is 0 Å². The lowest BCUT2D eigenvalue weighted by molar-refractivity contribution is 0.482. The molecule has 4 heteroatoms. The van der Waals surface area contributed by atoms with E-state index < -0.39 is 10.1 Å². The Balaban J connectivity index is 2.28. The Bertz CT molecular complexity index is 867. The second-order valence-electron chi connectivity index (χ2n) is 4.57. The molecule has 0 aliphatic heterocycles. The van der Waals surface area contributed by atoms with Crippen molar-refractivity contribution in [1.29, 1.82) is 0 Å². The highest BCUT2D eigenvalue weighted by Crippen LogP contribution is 2.26. The van der Waals surface area contributed by atoms with E-state index in [-0.39, 0.29) is 5.75 Å². The van der Waals surface area contributed by atoms with Crippen LogP contribution in [0.2, 0.25) is 0 Å². The molecule has 0 saturated heterocycles. The molecule has 96 valence electrons. The highest BCUT2D eigenvalue weighted by molar-refractivity contribution is 7.85. The Kier molecular flexibility index (Phi) is 2.77. The largest absolute Gasteiger partial charge is 0.285 e. The Hall–Kier alpha value is -1.91. The van der Waals surface area contributed by atoms with Gasteiger partial charge in [-0.25, -0.2) is 0 Å². The first-order valence-electron chi connectivity index (χ1n) is 5.88. The summed E-state index contributed by atoms with van der Waals surface area (Å²) in [5.74, 6) is -0.355. The summed E-state index contributed by atoms with van der Waals surface area (Å²) >= 11 is 0. The van der Waals surface area contributed by atoms with Gasteiger partial charge in [0.2, 0.25) is 0 Å². The van der Waals surface area contributed by atoms with E-state index in [0.29, 0.717) is 5.56 Å². The maximum atomic E-state index is 11.0. The molecule has 0 radical (unpaired) electrons. The lowest BCUT2D eigenvalue weighted by atomic mass is 10.0. The fourth-order valence-electron chi connectivity index (χ4n) is 2.35. The van der Waals surface area contributed by atoms with Crippen LogP contribution in [0.1, 0.15) is 5.56 Å². The third-order valence-corrected chi connectivity index (χ3v) is 3.86. The minimum absolute atomic E-state index is 0.355. The molecule has 1 N–H and O–H groups in total. The predicted octanol–water partition coefficient (Wildman–Crippen LogP) is 3.38. The smallest absolute Gasteiger partial charge is 0.269 e. The quantitative estimate of drug-likeness (QED) is 0.574. The molecule has 0 fully saturated rings. The summed E-state index contributed by atoms with van der Waals surface area (Å²) in [6, 6.07) is 17.4. The molecule has 3 aromatic rings. The molecule has 0 atom stereocenters. The number of hydrogen-bond donors (Lipinski definition) is 1. The molecular formula is C15H12O3S. The third-order valence-electron chi connectivity index (χ3n) is 3.16. The first kappa shape index (κ1) is 12.1. The number of benzene rings is 3. The minimum atomic E-state index is -4.00. The van der Waals surface area contributed by atoms with Gasteiger partial charge in [0, 0.05) is 0 Å². The second kappa shape index (κ2) is 4.33. The fraction of sp³-hybridized carbons (Fsp3) is 0.0667. The summed E-state index contributed by atoms with van der Waals surface area (Å²) in [7, 11) is -4.00. The summed E-state index contributed by atoms with van der Waals surface area (Å²) in [5, 5.41) is 4.24. The van der Waals surface area contributed by atoms with E-state index in [0.717, 1.165) is 21.5 Å². The summed E-state index contributed by atoms with van der Waals surface area (Å²) in [5.41, 5.74) is 0.589. The van der Waals surface area contributed by atoms with E-state index in [1.807, 2.05) is 48.5 Å². The number of hydrogen-bond acceptors (Lipinski definition) is 2. The fourth-order valence-corrected chi connectivity index (χ4v) is 2.95. The van der Waals surface area contributed by atoms with Gasteiger partial charge in [-0.1, -0.05) is 48.5 Å². The standard InChI is InChI=1S/C15H12O3S/c16-19(17,18)10-11-5-6-13-8-7-12-3-1-2-4-14(12)15(13)9-11/h1-9H,10H2,(H,16,17,18). The van der Waals surface area contributed by atoms with E-state index in [4.69, 9.17) is 4.55 Å². The Morgan fingerprint density at radius 1 is 0.842 bits per heavy atom. The SMILES string of the molecule is O=S(=O)(O)Cc1ccc2ccc3ccccc3c2c1. The van der Waals surface area contributed by atoms with Gasteiger partial charge in [0.25, 0.3) is 10.1 Å². The molecule has 3 nitrogen and oxygen atoms in total. The molecular weight excluding hydrogens is 260 g/mol. The number of rotatable bonds is 2. The van der Waals surface area contributed by atoms with E-state index in [1.54, 1.807) is 6.07 Å². The molecule has 0 saturated carbocycles. The van der Waals surface area contributed by atoms with Crippen molar-refractivity contribution >= 4 is 31.7 Å². The zero-order valence-electron chi connectivity index (χ0n) is 10.1. The maximum absolute atomic E-state index is 11.0. The van der Waals surface area contributed by atoms with E-state index in [9.17, 15) is 8.42 Å². The normalized spacial score (nSPS) is 12.1. The van der Waals surface area contributed by atoms with Gasteiger partial charge in [0.1, 0.15) is 5.75 Å². The molecule has 0 bridgehead atoms. The van der Waals surface area contributed by atoms with Crippen LogP contribution in [0, 0.1) is 0 Å². The molecule has 0 amide bonds. The Morgan fingerprint density at radius 3 is 2.21 bits per heavy atom. The van der Waals surface area contributed by atoms with Crippen molar-refractivity contribution < 1.29 is 13.0 Å². The van der Waals surface area contributed by atoms with E-state index >= 15 is 0 Å². The van der Waals surface area contributed by atoms with E-state index in [2.05, 4.69) is 0 Å². The van der Waals surface area contributed by atoms with Gasteiger partial charge in [-0.15, -0.1) is 0 Å². The summed E-state index contributed by atoms with van der Waals surface area (Å²) in [4.78, 5) is 0. The van der Waals surface area contributed by atoms with Crippen molar-refractivity contribution in [3.63, 3.8) is 0 Å². The second-order valence-corrected chi connectivity index (χ2v) is 6.02. The summed E-state index contributed by atoms with van der Waals surface area (Å²) in [6.07, 6.45) is 0. The van der Waals surface area contributed by atoms with Gasteiger partial charge in [-0.05, 0) is 33.2 Å². The van der Waals surface area contributed by atoms with Crippen molar-refractivity contribution in [2.75, 3.05) is 0 Å². The average molecular weight is 272 g/mol. The monoisotopic (exact) mass is 272 g/mol. The third kappa shape index (κ3) is 2.45. The molecule has 19 heavy (non-hydrogen) atoms. The van der Waals surface area contributed by atoms with Crippen LogP contribution in [0.4, 0.5) is 0 Å². The van der Waals surface area contributed by atoms with E-state index in [1.165, 1.54) is 0 Å². The summed E-state index contributed by atoms with van der Waals surface area (Å²) in [6.45, 7) is 0. The maximum Gasteiger partial charge on any atom is 0.269 e. The first-order valence-corrected chi connectivity index (χ1v) is 7.49. The van der Waals surface area contributed by atoms with Crippen molar-refractivity contribution in [2.45, 2.75) is 5.75 Å². The molecule has 3 rings (SSSR count). The van der Waals surface area contributed by atoms with Gasteiger partial charge >= 0.3 is 0 Å². The van der Waals surface area contributed by atoms with Crippen LogP contribution >= 0.6 is 0 Å². The van der Waals surface area contributed by atoms with Crippen LogP contribution in [-0.4, -0.2) is 13.0 Å². The summed E-state index contributed by atoms with van der Waals surface area (Å²) < 4.78 is 30.8. The van der Waals surface area contributed by atoms with Crippen LogP contribution in [0.25, 0.3) is 21.5 Å². The van der Waals surface area contributed by atoms with Crippen LogP contribution < -0.4 is 0 Å². The lowest BCUT2D eigenvalue weighted by Gasteiger charge is -2.06. The van der Waals surface area contributed by atoms with Crippen LogP contribution in [0.3, 0.4) is 0 Å². The molecule has 0 aliphatic rings. The molecule has 0 heterocycles. The zero-order chi connectivity index (χ0) is 13.5. The Labute approximate surface area is 111 Å². The average Bonchev–Trinajstić information content (AvgIpc) is 2.37. The van der Waals surface area contributed by atoms with Crippen LogP contribution in [-0.2, 0) is 15.9 Å². The molecule has 3 aromatic carbocycles. The van der Waals surface area contributed by atoms with Crippen molar-refractivity contribution in [1.82, 2.24) is 0 Å². The van der Waals surface area contributed by atoms with Gasteiger partial charge in [-0.3, -0.25) is 4.55 Å². The van der Waals surface area contributed by atoms with Gasteiger partial charge in [-0.2, -0.15) is 8.42 Å². The minimum Gasteiger partial charge on any atom is -0.285 e. The topological polar surface area (TPSA) is 54.4 Å². The molecule has 0 spiro atoms. The first-order chi connectivity index (χ1) is 9.03. The molecule has 0 unspecified atom stereocenters. The van der Waals surface area contributed by atoms with Gasteiger partial charge in [0.15, 0.2) is 0 Å². The van der Waals surface area contributed by atoms with Crippen molar-refractivity contribution in [3.05, 3.63) is 60.2 Å².